The van der Waals surface area contributed by atoms with Gasteiger partial charge >= 0.3 is 0 Å². The first-order chi connectivity index (χ1) is 7.21. The maximum Gasteiger partial charge on any atom is 0.146 e. The molecule has 0 fully saturated rings. The lowest BCUT2D eigenvalue weighted by atomic mass is 9.92. The zero-order valence-electron chi connectivity index (χ0n) is 10.4. The molecule has 0 radical (unpaired) electrons. The third-order valence-electron chi connectivity index (χ3n) is 2.16. The number of rotatable bonds is 2. The standard InChI is InChI=1S/C12H18ClIN2/c1-7(2)6-8-15-10(12(3,4)5)9(14)11(13)16-8/h7H,6H2,1-5H3. The zero-order chi connectivity index (χ0) is 12.5. The summed E-state index contributed by atoms with van der Waals surface area (Å²) in [5.74, 6) is 1.40. The van der Waals surface area contributed by atoms with E-state index in [1.165, 1.54) is 0 Å². The summed E-state index contributed by atoms with van der Waals surface area (Å²) in [5, 5.41) is 0.580. The molecule has 0 aliphatic rings. The van der Waals surface area contributed by atoms with E-state index in [0.717, 1.165) is 21.5 Å². The number of hydrogen-bond donors (Lipinski definition) is 0. The second kappa shape index (κ2) is 5.17. The van der Waals surface area contributed by atoms with Gasteiger partial charge in [0.2, 0.25) is 0 Å². The van der Waals surface area contributed by atoms with E-state index in [9.17, 15) is 0 Å². The molecule has 0 saturated heterocycles. The van der Waals surface area contributed by atoms with E-state index in [1.54, 1.807) is 0 Å². The Kier molecular flexibility index (Phi) is 4.57. The highest BCUT2D eigenvalue weighted by Gasteiger charge is 2.22. The Balaban J connectivity index is 3.23. The lowest BCUT2D eigenvalue weighted by Gasteiger charge is -2.20. The highest BCUT2D eigenvalue weighted by atomic mass is 127. The molecule has 2 nitrogen and oxygen atoms in total. The van der Waals surface area contributed by atoms with Crippen molar-refractivity contribution in [3.05, 3.63) is 20.2 Å². The predicted octanol–water partition coefficient (Wildman–Crippen LogP) is 4.23. The van der Waals surface area contributed by atoms with Crippen molar-refractivity contribution in [1.82, 2.24) is 9.97 Å². The van der Waals surface area contributed by atoms with E-state index < -0.39 is 0 Å². The van der Waals surface area contributed by atoms with Gasteiger partial charge in [-0.05, 0) is 28.5 Å². The average molecular weight is 353 g/mol. The van der Waals surface area contributed by atoms with Crippen LogP contribution in [0, 0.1) is 9.49 Å². The number of aromatic nitrogens is 2. The molecule has 0 unspecified atom stereocenters. The van der Waals surface area contributed by atoms with Crippen LogP contribution in [0.5, 0.6) is 0 Å². The molecule has 4 heteroatoms. The third-order valence-corrected chi connectivity index (χ3v) is 3.77. The smallest absolute Gasteiger partial charge is 0.146 e. The highest BCUT2D eigenvalue weighted by Crippen LogP contribution is 2.29. The van der Waals surface area contributed by atoms with Crippen molar-refractivity contribution < 1.29 is 0 Å². The number of hydrogen-bond acceptors (Lipinski definition) is 2. The molecule has 0 aromatic carbocycles. The van der Waals surface area contributed by atoms with Crippen LogP contribution in [0.15, 0.2) is 0 Å². The fourth-order valence-corrected chi connectivity index (χ4v) is 2.65. The normalized spacial score (nSPS) is 12.2. The highest BCUT2D eigenvalue weighted by molar-refractivity contribution is 14.1. The summed E-state index contributed by atoms with van der Waals surface area (Å²) in [4.78, 5) is 8.98. The van der Waals surface area contributed by atoms with Crippen LogP contribution in [-0.4, -0.2) is 9.97 Å². The lowest BCUT2D eigenvalue weighted by molar-refractivity contribution is 0.547. The fourth-order valence-electron chi connectivity index (χ4n) is 1.42. The molecule has 0 amide bonds. The molecule has 0 aliphatic carbocycles. The van der Waals surface area contributed by atoms with Crippen LogP contribution >= 0.6 is 34.2 Å². The molecule has 1 heterocycles. The summed E-state index contributed by atoms with van der Waals surface area (Å²) in [7, 11) is 0. The Morgan fingerprint density at radius 3 is 2.25 bits per heavy atom. The van der Waals surface area contributed by atoms with Crippen molar-refractivity contribution in [1.29, 1.82) is 0 Å². The van der Waals surface area contributed by atoms with Crippen molar-refractivity contribution in [2.24, 2.45) is 5.92 Å². The van der Waals surface area contributed by atoms with E-state index in [2.05, 4.69) is 67.2 Å². The first-order valence-electron chi connectivity index (χ1n) is 5.44. The van der Waals surface area contributed by atoms with Crippen molar-refractivity contribution in [2.45, 2.75) is 46.5 Å². The van der Waals surface area contributed by atoms with E-state index in [1.807, 2.05) is 0 Å². The van der Waals surface area contributed by atoms with Crippen LogP contribution in [0.3, 0.4) is 0 Å². The third kappa shape index (κ3) is 3.55. The van der Waals surface area contributed by atoms with Crippen LogP contribution in [0.4, 0.5) is 0 Å². The van der Waals surface area contributed by atoms with Gasteiger partial charge in [-0.25, -0.2) is 9.97 Å². The summed E-state index contributed by atoms with van der Waals surface area (Å²) in [6, 6.07) is 0. The Morgan fingerprint density at radius 1 is 1.25 bits per heavy atom. The van der Waals surface area contributed by atoms with Crippen LogP contribution in [0.25, 0.3) is 0 Å². The summed E-state index contributed by atoms with van der Waals surface area (Å²) >= 11 is 8.37. The quantitative estimate of drug-likeness (QED) is 0.588. The summed E-state index contributed by atoms with van der Waals surface area (Å²) in [6.45, 7) is 10.8. The fraction of sp³-hybridized carbons (Fsp3) is 0.667. The molecular weight excluding hydrogens is 335 g/mol. The first-order valence-corrected chi connectivity index (χ1v) is 6.90. The van der Waals surface area contributed by atoms with Gasteiger partial charge in [0, 0.05) is 11.8 Å². The minimum absolute atomic E-state index is 0.00876. The SMILES string of the molecule is CC(C)Cc1nc(Cl)c(I)c(C(C)(C)C)n1. The summed E-state index contributed by atoms with van der Waals surface area (Å²) in [5.41, 5.74) is 1.05. The average Bonchev–Trinajstić information content (AvgIpc) is 2.08. The Labute approximate surface area is 116 Å². The maximum absolute atomic E-state index is 6.15. The largest absolute Gasteiger partial charge is 0.236 e. The Bertz CT molecular complexity index is 383. The molecule has 1 aromatic rings. The Morgan fingerprint density at radius 2 is 1.81 bits per heavy atom. The lowest BCUT2D eigenvalue weighted by Crippen LogP contribution is -2.18. The molecule has 1 rings (SSSR count). The Hall–Kier alpha value is 0.1000. The zero-order valence-corrected chi connectivity index (χ0v) is 13.3. The number of nitrogens with zero attached hydrogens (tertiary/aromatic N) is 2. The van der Waals surface area contributed by atoms with Crippen molar-refractivity contribution in [3.8, 4) is 0 Å². The second-order valence-corrected chi connectivity index (χ2v) is 6.88. The van der Waals surface area contributed by atoms with E-state index in [-0.39, 0.29) is 5.41 Å². The maximum atomic E-state index is 6.15. The molecule has 90 valence electrons. The summed E-state index contributed by atoms with van der Waals surface area (Å²) < 4.78 is 0.972. The van der Waals surface area contributed by atoms with Gasteiger partial charge in [0.25, 0.3) is 0 Å². The first kappa shape index (κ1) is 14.2. The van der Waals surface area contributed by atoms with Gasteiger partial charge in [0.15, 0.2) is 0 Å². The van der Waals surface area contributed by atoms with Crippen LogP contribution < -0.4 is 0 Å². The van der Waals surface area contributed by atoms with Gasteiger partial charge in [0.05, 0.1) is 9.26 Å². The van der Waals surface area contributed by atoms with Gasteiger partial charge in [-0.2, -0.15) is 0 Å². The van der Waals surface area contributed by atoms with Gasteiger partial charge in [0.1, 0.15) is 11.0 Å². The minimum Gasteiger partial charge on any atom is -0.236 e. The monoisotopic (exact) mass is 352 g/mol. The van der Waals surface area contributed by atoms with Crippen LogP contribution in [0.1, 0.15) is 46.1 Å². The second-order valence-electron chi connectivity index (χ2n) is 5.44. The molecule has 16 heavy (non-hydrogen) atoms. The molecule has 0 bridgehead atoms. The van der Waals surface area contributed by atoms with Gasteiger partial charge in [-0.1, -0.05) is 46.2 Å². The van der Waals surface area contributed by atoms with Crippen molar-refractivity contribution in [2.75, 3.05) is 0 Å². The summed E-state index contributed by atoms with van der Waals surface area (Å²) in [6.07, 6.45) is 0.875. The van der Waals surface area contributed by atoms with Gasteiger partial charge in [-0.15, -0.1) is 0 Å². The topological polar surface area (TPSA) is 25.8 Å². The number of halogens is 2. The molecule has 0 N–H and O–H groups in total. The van der Waals surface area contributed by atoms with Gasteiger partial charge < -0.3 is 0 Å². The van der Waals surface area contributed by atoms with Crippen molar-refractivity contribution in [3.63, 3.8) is 0 Å². The van der Waals surface area contributed by atoms with Crippen LogP contribution in [-0.2, 0) is 11.8 Å². The molecular formula is C12H18ClIN2. The van der Waals surface area contributed by atoms with E-state index in [0.29, 0.717) is 11.1 Å². The molecule has 0 saturated carbocycles. The van der Waals surface area contributed by atoms with E-state index in [4.69, 9.17) is 11.6 Å². The molecule has 1 aromatic heterocycles. The molecule has 0 aliphatic heterocycles. The predicted molar refractivity (Wildman–Crippen MR) is 77.0 cm³/mol. The molecule has 0 atom stereocenters. The van der Waals surface area contributed by atoms with Crippen LogP contribution in [0.2, 0.25) is 5.15 Å². The minimum atomic E-state index is 0.00876. The van der Waals surface area contributed by atoms with E-state index >= 15 is 0 Å². The molecule has 0 spiro atoms. The van der Waals surface area contributed by atoms with Crippen molar-refractivity contribution >= 4 is 34.2 Å². The van der Waals surface area contributed by atoms with Gasteiger partial charge in [-0.3, -0.25) is 0 Å².